The molecule has 0 bridgehead atoms. The molecule has 0 fully saturated rings. The van der Waals surface area contributed by atoms with Gasteiger partial charge < -0.3 is 9.47 Å². The molecule has 0 saturated heterocycles. The van der Waals surface area contributed by atoms with Crippen LogP contribution in [0.1, 0.15) is 5.82 Å². The van der Waals surface area contributed by atoms with Crippen LogP contribution in [0.4, 0.5) is 0 Å². The lowest BCUT2D eigenvalue weighted by Crippen LogP contribution is -2.27. The number of esters is 1. The summed E-state index contributed by atoms with van der Waals surface area (Å²) >= 11 is 0. The number of ether oxygens (including phenoxy) is 2. The van der Waals surface area contributed by atoms with Crippen molar-refractivity contribution in [3.63, 3.8) is 0 Å². The molecular formula is C19H18N2O4. The first kappa shape index (κ1) is 16.7. The number of aromatic nitrogens is 2. The Kier molecular flexibility index (Phi) is 5.09. The standard InChI is InChI=1S/C19H18N2O4/c1-14-20-17-10-6-5-9-16(17)19(23)21(14)11-12-24-18(22)13-25-15-7-3-2-4-8-15/h2-10H,11-13H2,1H3. The normalized spacial score (nSPS) is 10.6. The summed E-state index contributed by atoms with van der Waals surface area (Å²) in [5.74, 6) is 0.703. The van der Waals surface area contributed by atoms with Crippen LogP contribution >= 0.6 is 0 Å². The van der Waals surface area contributed by atoms with Gasteiger partial charge in [-0.3, -0.25) is 9.36 Å². The van der Waals surface area contributed by atoms with Gasteiger partial charge in [-0.25, -0.2) is 9.78 Å². The molecule has 0 aliphatic heterocycles. The molecule has 6 nitrogen and oxygen atoms in total. The second-order valence-electron chi connectivity index (χ2n) is 5.46. The van der Waals surface area contributed by atoms with Crippen molar-refractivity contribution in [2.45, 2.75) is 13.5 Å². The SMILES string of the molecule is Cc1nc2ccccc2c(=O)n1CCOC(=O)COc1ccccc1. The van der Waals surface area contributed by atoms with E-state index in [1.807, 2.05) is 24.3 Å². The third-order valence-corrected chi connectivity index (χ3v) is 3.73. The van der Waals surface area contributed by atoms with Crippen LogP contribution in [-0.2, 0) is 16.1 Å². The smallest absolute Gasteiger partial charge is 0.344 e. The molecule has 1 heterocycles. The van der Waals surface area contributed by atoms with Gasteiger partial charge in [-0.2, -0.15) is 0 Å². The van der Waals surface area contributed by atoms with Crippen LogP contribution in [0.3, 0.4) is 0 Å². The van der Waals surface area contributed by atoms with Crippen molar-refractivity contribution in [3.8, 4) is 5.75 Å². The molecule has 0 radical (unpaired) electrons. The number of rotatable bonds is 6. The minimum absolute atomic E-state index is 0.0811. The van der Waals surface area contributed by atoms with Crippen molar-refractivity contribution in [2.24, 2.45) is 0 Å². The number of carbonyl (C=O) groups excluding carboxylic acids is 1. The largest absolute Gasteiger partial charge is 0.482 e. The lowest BCUT2D eigenvalue weighted by molar-refractivity contribution is -0.146. The number of benzene rings is 2. The number of para-hydroxylation sites is 2. The van der Waals surface area contributed by atoms with Crippen LogP contribution in [0.2, 0.25) is 0 Å². The Bertz CT molecular complexity index is 935. The van der Waals surface area contributed by atoms with Gasteiger partial charge in [0.15, 0.2) is 6.61 Å². The van der Waals surface area contributed by atoms with Crippen molar-refractivity contribution in [1.29, 1.82) is 0 Å². The predicted molar refractivity (Wildman–Crippen MR) is 93.6 cm³/mol. The number of aryl methyl sites for hydroxylation is 1. The lowest BCUT2D eigenvalue weighted by Gasteiger charge is -2.11. The van der Waals surface area contributed by atoms with Gasteiger partial charge in [0.25, 0.3) is 5.56 Å². The molecule has 0 atom stereocenters. The topological polar surface area (TPSA) is 70.4 Å². The van der Waals surface area contributed by atoms with Crippen LogP contribution in [0, 0.1) is 6.92 Å². The Balaban J connectivity index is 1.58. The Morgan fingerprint density at radius 2 is 1.80 bits per heavy atom. The van der Waals surface area contributed by atoms with E-state index in [2.05, 4.69) is 4.98 Å². The highest BCUT2D eigenvalue weighted by atomic mass is 16.6. The van der Waals surface area contributed by atoms with E-state index in [4.69, 9.17) is 9.47 Å². The number of nitrogens with zero attached hydrogens (tertiary/aromatic N) is 2. The highest BCUT2D eigenvalue weighted by molar-refractivity contribution is 5.77. The number of hydrogen-bond acceptors (Lipinski definition) is 5. The van der Waals surface area contributed by atoms with Crippen molar-refractivity contribution in [1.82, 2.24) is 9.55 Å². The summed E-state index contributed by atoms with van der Waals surface area (Å²) in [4.78, 5) is 28.6. The van der Waals surface area contributed by atoms with E-state index in [1.165, 1.54) is 4.57 Å². The summed E-state index contributed by atoms with van der Waals surface area (Å²) in [6, 6.07) is 16.2. The highest BCUT2D eigenvalue weighted by Gasteiger charge is 2.09. The maximum Gasteiger partial charge on any atom is 0.344 e. The molecule has 0 amide bonds. The predicted octanol–water partition coefficient (Wildman–Crippen LogP) is 2.33. The lowest BCUT2D eigenvalue weighted by atomic mass is 10.2. The van der Waals surface area contributed by atoms with E-state index in [-0.39, 0.29) is 25.3 Å². The molecule has 0 N–H and O–H groups in total. The molecule has 0 saturated carbocycles. The minimum Gasteiger partial charge on any atom is -0.482 e. The summed E-state index contributed by atoms with van der Waals surface area (Å²) < 4.78 is 12.0. The quantitative estimate of drug-likeness (QED) is 0.645. The number of fused-ring (bicyclic) bond motifs is 1. The van der Waals surface area contributed by atoms with Crippen LogP contribution in [0.25, 0.3) is 10.9 Å². The fourth-order valence-electron chi connectivity index (χ4n) is 2.49. The van der Waals surface area contributed by atoms with E-state index < -0.39 is 5.97 Å². The average molecular weight is 338 g/mol. The first-order valence-corrected chi connectivity index (χ1v) is 7.95. The molecule has 128 valence electrons. The van der Waals surface area contributed by atoms with Gasteiger partial charge >= 0.3 is 5.97 Å². The van der Waals surface area contributed by atoms with Gasteiger partial charge in [-0.1, -0.05) is 30.3 Å². The number of carbonyl (C=O) groups is 1. The molecule has 0 spiro atoms. The van der Waals surface area contributed by atoms with Gasteiger partial charge in [0, 0.05) is 0 Å². The summed E-state index contributed by atoms with van der Waals surface area (Å²) in [5, 5.41) is 0.548. The van der Waals surface area contributed by atoms with Crippen LogP contribution < -0.4 is 10.3 Å². The third-order valence-electron chi connectivity index (χ3n) is 3.73. The molecule has 3 aromatic rings. The van der Waals surface area contributed by atoms with E-state index in [1.54, 1.807) is 37.3 Å². The molecule has 0 unspecified atom stereocenters. The molecule has 0 aliphatic carbocycles. The summed E-state index contributed by atoms with van der Waals surface area (Å²) in [7, 11) is 0. The highest BCUT2D eigenvalue weighted by Crippen LogP contribution is 2.08. The van der Waals surface area contributed by atoms with Crippen molar-refractivity contribution in [3.05, 3.63) is 70.8 Å². The first-order chi connectivity index (χ1) is 12.1. The van der Waals surface area contributed by atoms with Crippen molar-refractivity contribution >= 4 is 16.9 Å². The Hall–Kier alpha value is -3.15. The molecule has 1 aromatic heterocycles. The zero-order valence-electron chi connectivity index (χ0n) is 13.8. The average Bonchev–Trinajstić information content (AvgIpc) is 2.63. The van der Waals surface area contributed by atoms with Gasteiger partial charge in [0.05, 0.1) is 17.4 Å². The summed E-state index contributed by atoms with van der Waals surface area (Å²) in [5.41, 5.74) is 0.522. The van der Waals surface area contributed by atoms with Gasteiger partial charge in [-0.05, 0) is 31.2 Å². The fourth-order valence-corrected chi connectivity index (χ4v) is 2.49. The van der Waals surface area contributed by atoms with Crippen molar-refractivity contribution in [2.75, 3.05) is 13.2 Å². The molecular weight excluding hydrogens is 320 g/mol. The summed E-state index contributed by atoms with van der Waals surface area (Å²) in [6.45, 7) is 1.92. The molecule has 0 aliphatic rings. The Labute approximate surface area is 144 Å². The Morgan fingerprint density at radius 1 is 1.08 bits per heavy atom. The molecule has 3 rings (SSSR count). The van der Waals surface area contributed by atoms with E-state index in [0.29, 0.717) is 22.5 Å². The van der Waals surface area contributed by atoms with Crippen LogP contribution in [0.15, 0.2) is 59.4 Å². The zero-order chi connectivity index (χ0) is 17.6. The zero-order valence-corrected chi connectivity index (χ0v) is 13.8. The van der Waals surface area contributed by atoms with E-state index >= 15 is 0 Å². The fraction of sp³-hybridized carbons (Fsp3) is 0.211. The second-order valence-corrected chi connectivity index (χ2v) is 5.46. The van der Waals surface area contributed by atoms with Crippen LogP contribution in [0.5, 0.6) is 5.75 Å². The van der Waals surface area contributed by atoms with E-state index in [9.17, 15) is 9.59 Å². The van der Waals surface area contributed by atoms with Gasteiger partial charge in [0.1, 0.15) is 18.2 Å². The maximum absolute atomic E-state index is 12.5. The van der Waals surface area contributed by atoms with Gasteiger partial charge in [-0.15, -0.1) is 0 Å². The molecule has 2 aromatic carbocycles. The monoisotopic (exact) mass is 338 g/mol. The maximum atomic E-state index is 12.5. The summed E-state index contributed by atoms with van der Waals surface area (Å²) in [6.07, 6.45) is 0. The first-order valence-electron chi connectivity index (χ1n) is 7.95. The van der Waals surface area contributed by atoms with Gasteiger partial charge in [0.2, 0.25) is 0 Å². The molecule has 6 heteroatoms. The van der Waals surface area contributed by atoms with Crippen molar-refractivity contribution < 1.29 is 14.3 Å². The minimum atomic E-state index is -0.483. The Morgan fingerprint density at radius 3 is 2.60 bits per heavy atom. The number of hydrogen-bond donors (Lipinski definition) is 0. The van der Waals surface area contributed by atoms with E-state index in [0.717, 1.165) is 0 Å². The molecule has 25 heavy (non-hydrogen) atoms. The third kappa shape index (κ3) is 4.03. The second kappa shape index (κ2) is 7.61. The van der Waals surface area contributed by atoms with Crippen LogP contribution in [-0.4, -0.2) is 28.7 Å².